The molecule has 7 heteroatoms. The Morgan fingerprint density at radius 3 is 2.59 bits per heavy atom. The number of aromatic nitrogens is 2. The number of aryl methyl sites for hydroxylation is 1. The van der Waals surface area contributed by atoms with Crippen LogP contribution < -0.4 is 0 Å². The fourth-order valence-electron chi connectivity index (χ4n) is 3.43. The molecule has 0 spiro atoms. The molecule has 152 valence electrons. The molecular formula is C22H24N2O5. The van der Waals surface area contributed by atoms with Gasteiger partial charge in [0.1, 0.15) is 0 Å². The summed E-state index contributed by atoms with van der Waals surface area (Å²) in [6.07, 6.45) is 0.834. The molecule has 0 unspecified atom stereocenters. The van der Waals surface area contributed by atoms with E-state index in [1.807, 2.05) is 24.3 Å². The van der Waals surface area contributed by atoms with Crippen LogP contribution in [0.15, 0.2) is 30.5 Å². The summed E-state index contributed by atoms with van der Waals surface area (Å²) in [7, 11) is 0. The van der Waals surface area contributed by atoms with Gasteiger partial charge in [0.2, 0.25) is 5.78 Å². The Hall–Kier alpha value is -3.35. The van der Waals surface area contributed by atoms with E-state index in [4.69, 9.17) is 9.47 Å². The normalized spacial score (nSPS) is 12.0. The van der Waals surface area contributed by atoms with E-state index in [1.54, 1.807) is 27.0 Å². The van der Waals surface area contributed by atoms with Crippen LogP contribution in [0, 0.1) is 13.8 Å². The van der Waals surface area contributed by atoms with Gasteiger partial charge in [0, 0.05) is 22.8 Å². The maximum absolute atomic E-state index is 12.8. The molecule has 29 heavy (non-hydrogen) atoms. The van der Waals surface area contributed by atoms with Crippen molar-refractivity contribution in [2.75, 3.05) is 6.61 Å². The number of carbonyl (C=O) groups is 3. The number of ether oxygens (including phenoxy) is 2. The molecule has 7 nitrogen and oxygen atoms in total. The first kappa shape index (κ1) is 20.4. The van der Waals surface area contributed by atoms with E-state index < -0.39 is 23.8 Å². The van der Waals surface area contributed by atoms with Gasteiger partial charge in [-0.05, 0) is 44.9 Å². The Labute approximate surface area is 168 Å². The van der Waals surface area contributed by atoms with Crippen LogP contribution in [-0.2, 0) is 20.7 Å². The number of carbonyl (C=O) groups excluding carboxylic acids is 3. The van der Waals surface area contributed by atoms with Crippen LogP contribution in [0.2, 0.25) is 0 Å². The van der Waals surface area contributed by atoms with Crippen molar-refractivity contribution in [2.45, 2.75) is 40.2 Å². The lowest BCUT2D eigenvalue weighted by Gasteiger charge is -2.12. The van der Waals surface area contributed by atoms with Crippen molar-refractivity contribution in [1.82, 2.24) is 9.97 Å². The van der Waals surface area contributed by atoms with Crippen molar-refractivity contribution in [3.05, 3.63) is 58.5 Å². The summed E-state index contributed by atoms with van der Waals surface area (Å²) >= 11 is 0. The number of hydrogen-bond donors (Lipinski definition) is 2. The Balaban J connectivity index is 1.71. The summed E-state index contributed by atoms with van der Waals surface area (Å²) in [6.45, 7) is 6.85. The first-order valence-electron chi connectivity index (χ1n) is 9.48. The highest BCUT2D eigenvalue weighted by Gasteiger charge is 2.27. The molecular weight excluding hydrogens is 372 g/mol. The highest BCUT2D eigenvalue weighted by atomic mass is 16.5. The quantitative estimate of drug-likeness (QED) is 0.469. The van der Waals surface area contributed by atoms with Gasteiger partial charge in [-0.2, -0.15) is 0 Å². The fourth-order valence-corrected chi connectivity index (χ4v) is 3.43. The highest BCUT2D eigenvalue weighted by Crippen LogP contribution is 2.22. The second-order valence-corrected chi connectivity index (χ2v) is 6.88. The molecule has 0 aliphatic heterocycles. The highest BCUT2D eigenvalue weighted by molar-refractivity contribution is 6.04. The van der Waals surface area contributed by atoms with Gasteiger partial charge in [0.05, 0.1) is 24.3 Å². The summed E-state index contributed by atoms with van der Waals surface area (Å²) in [5.74, 6) is -1.38. The van der Waals surface area contributed by atoms with E-state index in [0.29, 0.717) is 16.8 Å². The number of esters is 2. The molecule has 3 aromatic rings. The van der Waals surface area contributed by atoms with Crippen molar-refractivity contribution >= 4 is 28.6 Å². The van der Waals surface area contributed by atoms with Gasteiger partial charge in [0.15, 0.2) is 6.10 Å². The monoisotopic (exact) mass is 396 g/mol. The van der Waals surface area contributed by atoms with E-state index in [9.17, 15) is 14.4 Å². The largest absolute Gasteiger partial charge is 0.462 e. The van der Waals surface area contributed by atoms with E-state index >= 15 is 0 Å². The lowest BCUT2D eigenvalue weighted by molar-refractivity contribution is -0.145. The average Bonchev–Trinajstić information content (AvgIpc) is 3.21. The Morgan fingerprint density at radius 1 is 1.14 bits per heavy atom. The molecule has 0 bridgehead atoms. The molecule has 0 amide bonds. The molecule has 1 aromatic carbocycles. The number of ketones is 1. The van der Waals surface area contributed by atoms with E-state index in [-0.39, 0.29) is 18.7 Å². The van der Waals surface area contributed by atoms with Gasteiger partial charge in [-0.3, -0.25) is 9.59 Å². The summed E-state index contributed by atoms with van der Waals surface area (Å²) in [5, 5.41) is 0.943. The zero-order valence-electron chi connectivity index (χ0n) is 16.9. The Kier molecular flexibility index (Phi) is 5.87. The minimum atomic E-state index is -0.987. The van der Waals surface area contributed by atoms with Crippen LogP contribution in [0.25, 0.3) is 10.9 Å². The molecule has 3 rings (SSSR count). The van der Waals surface area contributed by atoms with Crippen molar-refractivity contribution in [3.8, 4) is 0 Å². The zero-order chi connectivity index (χ0) is 21.1. The van der Waals surface area contributed by atoms with Crippen molar-refractivity contribution in [1.29, 1.82) is 0 Å². The van der Waals surface area contributed by atoms with Gasteiger partial charge in [0.25, 0.3) is 0 Å². The molecule has 0 aliphatic rings. The van der Waals surface area contributed by atoms with Crippen LogP contribution in [0.5, 0.6) is 0 Å². The topological polar surface area (TPSA) is 101 Å². The van der Waals surface area contributed by atoms with Gasteiger partial charge in [-0.15, -0.1) is 0 Å². The minimum Gasteiger partial charge on any atom is -0.462 e. The smallest absolute Gasteiger partial charge is 0.340 e. The standard InChI is InChI=1S/C22H24N2O5/c1-5-28-22(27)19-12(2)20(24-13(19)3)21(26)14(4)29-18(25)10-15-11-23-17-9-7-6-8-16(15)17/h6-9,11,14,23-24H,5,10H2,1-4H3/t14-/m1/s1. The molecule has 2 aromatic heterocycles. The first-order valence-corrected chi connectivity index (χ1v) is 9.48. The predicted octanol–water partition coefficient (Wildman–Crippen LogP) is 3.65. The lowest BCUT2D eigenvalue weighted by atomic mass is 10.1. The molecule has 0 radical (unpaired) electrons. The third-order valence-corrected chi connectivity index (χ3v) is 4.85. The van der Waals surface area contributed by atoms with Gasteiger partial charge in [-0.25, -0.2) is 4.79 Å². The first-order chi connectivity index (χ1) is 13.8. The number of para-hydroxylation sites is 1. The number of rotatable bonds is 7. The molecule has 1 atom stereocenters. The third-order valence-electron chi connectivity index (χ3n) is 4.85. The summed E-state index contributed by atoms with van der Waals surface area (Å²) < 4.78 is 10.4. The molecule has 2 heterocycles. The molecule has 0 saturated heterocycles. The summed E-state index contributed by atoms with van der Waals surface area (Å²) in [5.41, 5.74) is 3.36. The molecule has 0 saturated carbocycles. The van der Waals surface area contributed by atoms with E-state index in [2.05, 4.69) is 9.97 Å². The lowest BCUT2D eigenvalue weighted by Crippen LogP contribution is -2.26. The predicted molar refractivity (Wildman–Crippen MR) is 108 cm³/mol. The second kappa shape index (κ2) is 8.34. The maximum atomic E-state index is 12.8. The molecule has 0 fully saturated rings. The Morgan fingerprint density at radius 2 is 1.86 bits per heavy atom. The number of benzene rings is 1. The number of aromatic amines is 2. The van der Waals surface area contributed by atoms with Crippen LogP contribution in [0.3, 0.4) is 0 Å². The zero-order valence-corrected chi connectivity index (χ0v) is 16.9. The van der Waals surface area contributed by atoms with Crippen LogP contribution >= 0.6 is 0 Å². The fraction of sp³-hybridized carbons (Fsp3) is 0.318. The van der Waals surface area contributed by atoms with Crippen LogP contribution in [0.1, 0.15) is 51.5 Å². The average molecular weight is 396 g/mol. The number of hydrogen-bond acceptors (Lipinski definition) is 5. The molecule has 2 N–H and O–H groups in total. The maximum Gasteiger partial charge on any atom is 0.340 e. The van der Waals surface area contributed by atoms with Gasteiger partial charge >= 0.3 is 11.9 Å². The van der Waals surface area contributed by atoms with Crippen molar-refractivity contribution < 1.29 is 23.9 Å². The SMILES string of the molecule is CCOC(=O)c1c(C)[nH]c(C(=O)[C@@H](C)OC(=O)Cc2c[nH]c3ccccc23)c1C. The summed E-state index contributed by atoms with van der Waals surface area (Å²) in [4.78, 5) is 43.3. The van der Waals surface area contributed by atoms with Gasteiger partial charge < -0.3 is 19.4 Å². The number of fused-ring (bicyclic) bond motifs is 1. The van der Waals surface area contributed by atoms with Gasteiger partial charge in [-0.1, -0.05) is 18.2 Å². The Bertz CT molecular complexity index is 1080. The van der Waals surface area contributed by atoms with E-state index in [0.717, 1.165) is 16.5 Å². The summed E-state index contributed by atoms with van der Waals surface area (Å²) in [6, 6.07) is 7.65. The molecule has 0 aliphatic carbocycles. The second-order valence-electron chi connectivity index (χ2n) is 6.88. The number of nitrogens with one attached hydrogen (secondary N) is 2. The third kappa shape index (κ3) is 4.08. The van der Waals surface area contributed by atoms with Crippen LogP contribution in [-0.4, -0.2) is 40.4 Å². The van der Waals surface area contributed by atoms with E-state index in [1.165, 1.54) is 6.92 Å². The number of Topliss-reactive ketones (excluding diaryl/α,β-unsaturated/α-hetero) is 1. The van der Waals surface area contributed by atoms with Crippen molar-refractivity contribution in [2.24, 2.45) is 0 Å². The minimum absolute atomic E-state index is 0.0540. The van der Waals surface area contributed by atoms with Crippen LogP contribution in [0.4, 0.5) is 0 Å². The number of H-pyrrole nitrogens is 2. The van der Waals surface area contributed by atoms with Crippen molar-refractivity contribution in [3.63, 3.8) is 0 Å².